The molecule has 0 aromatic carbocycles. The molecule has 0 aromatic rings. The maximum Gasteiger partial charge on any atom is 0.306 e. The number of rotatable bonds is 62. The Kier molecular flexibility index (Phi) is 63.7. The fourth-order valence-electron chi connectivity index (χ4n) is 9.89. The van der Waals surface area contributed by atoms with E-state index in [0.29, 0.717) is 19.3 Å². The van der Waals surface area contributed by atoms with Gasteiger partial charge in [0.25, 0.3) is 0 Å². The lowest BCUT2D eigenvalue weighted by Crippen LogP contribution is -2.30. The van der Waals surface area contributed by atoms with Gasteiger partial charge in [0.05, 0.1) is 0 Å². The molecule has 78 heavy (non-hydrogen) atoms. The van der Waals surface area contributed by atoms with E-state index in [2.05, 4.69) is 93.7 Å². The molecule has 0 bridgehead atoms. The molecule has 452 valence electrons. The lowest BCUT2D eigenvalue weighted by molar-refractivity contribution is -0.167. The first-order valence-electron chi connectivity index (χ1n) is 33.9. The van der Waals surface area contributed by atoms with Crippen LogP contribution in [0.3, 0.4) is 0 Å². The van der Waals surface area contributed by atoms with Crippen LogP contribution in [0.2, 0.25) is 0 Å². The van der Waals surface area contributed by atoms with Gasteiger partial charge in [0.2, 0.25) is 0 Å². The third-order valence-corrected chi connectivity index (χ3v) is 14.9. The molecule has 0 spiro atoms. The molecule has 6 heteroatoms. The average Bonchev–Trinajstić information content (AvgIpc) is 3.44. The Balaban J connectivity index is 4.20. The lowest BCUT2D eigenvalue weighted by atomic mass is 10.0. The Morgan fingerprint density at radius 1 is 0.269 bits per heavy atom. The molecular weight excluding hydrogens is 961 g/mol. The van der Waals surface area contributed by atoms with Crippen LogP contribution in [0.4, 0.5) is 0 Å². The molecule has 0 aliphatic heterocycles. The summed E-state index contributed by atoms with van der Waals surface area (Å²) < 4.78 is 16.9. The van der Waals surface area contributed by atoms with E-state index >= 15 is 0 Å². The highest BCUT2D eigenvalue weighted by atomic mass is 16.6. The molecule has 0 aliphatic carbocycles. The molecule has 0 aliphatic rings. The van der Waals surface area contributed by atoms with E-state index in [-0.39, 0.29) is 31.1 Å². The average molecular weight is 1090 g/mol. The molecule has 0 rings (SSSR count). The summed E-state index contributed by atoms with van der Waals surface area (Å²) in [4.78, 5) is 38.3. The zero-order valence-corrected chi connectivity index (χ0v) is 51.9. The number of carbonyl (C=O) groups is 3. The maximum atomic E-state index is 12.9. The first kappa shape index (κ1) is 74.8. The van der Waals surface area contributed by atoms with Crippen molar-refractivity contribution in [3.63, 3.8) is 0 Å². The van der Waals surface area contributed by atoms with E-state index in [4.69, 9.17) is 14.2 Å². The largest absolute Gasteiger partial charge is 0.462 e. The molecule has 1 unspecified atom stereocenters. The van der Waals surface area contributed by atoms with Crippen molar-refractivity contribution < 1.29 is 28.6 Å². The van der Waals surface area contributed by atoms with Gasteiger partial charge in [0.15, 0.2) is 6.10 Å². The number of esters is 3. The zero-order valence-electron chi connectivity index (χ0n) is 51.9. The molecule has 0 radical (unpaired) electrons. The van der Waals surface area contributed by atoms with Gasteiger partial charge in [0, 0.05) is 19.3 Å². The number of hydrogen-bond acceptors (Lipinski definition) is 6. The van der Waals surface area contributed by atoms with Gasteiger partial charge >= 0.3 is 17.9 Å². The summed E-state index contributed by atoms with van der Waals surface area (Å²) in [5.74, 6) is -0.876. The van der Waals surface area contributed by atoms with Crippen LogP contribution in [0.15, 0.2) is 72.9 Å². The molecule has 1 atom stereocenters. The first-order chi connectivity index (χ1) is 38.5. The third-order valence-electron chi connectivity index (χ3n) is 14.9. The smallest absolute Gasteiger partial charge is 0.306 e. The predicted molar refractivity (Wildman–Crippen MR) is 339 cm³/mol. The number of ether oxygens (including phenoxy) is 3. The van der Waals surface area contributed by atoms with Crippen molar-refractivity contribution in [3.8, 4) is 0 Å². The summed E-state index contributed by atoms with van der Waals surface area (Å²) >= 11 is 0. The molecule has 0 aromatic heterocycles. The van der Waals surface area contributed by atoms with Crippen LogP contribution in [0.5, 0.6) is 0 Å². The highest BCUT2D eigenvalue weighted by Gasteiger charge is 2.19. The SMILES string of the molecule is CC/C=C\C/C=C\C/C=C\C/C=C\C/C=C\CCCCCCCCCCCC(=O)OCC(COC(=O)CCCCCCC/C=C\CCC)OC(=O)CCCCCCCCCCCCCCCCCCCCCCCCCCC. The molecular formula is C72H128O6. The minimum Gasteiger partial charge on any atom is -0.462 e. The van der Waals surface area contributed by atoms with Gasteiger partial charge in [-0.1, -0.05) is 318 Å². The molecule has 0 heterocycles. The minimum atomic E-state index is -0.780. The van der Waals surface area contributed by atoms with E-state index in [1.165, 1.54) is 199 Å². The predicted octanol–water partition coefficient (Wildman–Crippen LogP) is 23.3. The van der Waals surface area contributed by atoms with E-state index < -0.39 is 6.10 Å². The van der Waals surface area contributed by atoms with Gasteiger partial charge in [-0.05, 0) is 83.5 Å². The van der Waals surface area contributed by atoms with Crippen LogP contribution in [0.1, 0.15) is 348 Å². The van der Waals surface area contributed by atoms with Crippen molar-refractivity contribution in [1.29, 1.82) is 0 Å². The summed E-state index contributed by atoms with van der Waals surface area (Å²) in [6.07, 6.45) is 86.5. The van der Waals surface area contributed by atoms with Gasteiger partial charge in [-0.15, -0.1) is 0 Å². The van der Waals surface area contributed by atoms with Gasteiger partial charge in [-0.3, -0.25) is 14.4 Å². The third kappa shape index (κ3) is 63.7. The van der Waals surface area contributed by atoms with Crippen molar-refractivity contribution in [1.82, 2.24) is 0 Å². The Hall–Kier alpha value is -3.15. The van der Waals surface area contributed by atoms with Crippen LogP contribution < -0.4 is 0 Å². The van der Waals surface area contributed by atoms with E-state index in [0.717, 1.165) is 109 Å². The number of unbranched alkanes of at least 4 members (excludes halogenated alkanes) is 39. The van der Waals surface area contributed by atoms with Gasteiger partial charge in [0.1, 0.15) is 13.2 Å². The van der Waals surface area contributed by atoms with Crippen molar-refractivity contribution in [3.05, 3.63) is 72.9 Å². The van der Waals surface area contributed by atoms with Crippen LogP contribution >= 0.6 is 0 Å². The summed E-state index contributed by atoms with van der Waals surface area (Å²) in [6.45, 7) is 6.50. The van der Waals surface area contributed by atoms with Crippen LogP contribution in [0.25, 0.3) is 0 Å². The Bertz CT molecular complexity index is 1440. The Labute approximate surface area is 484 Å². The summed E-state index contributed by atoms with van der Waals surface area (Å²) in [5, 5.41) is 0. The maximum absolute atomic E-state index is 12.9. The van der Waals surface area contributed by atoms with Gasteiger partial charge in [-0.25, -0.2) is 0 Å². The van der Waals surface area contributed by atoms with E-state index in [1.54, 1.807) is 0 Å². The second-order valence-corrected chi connectivity index (χ2v) is 22.7. The molecule has 0 fully saturated rings. The van der Waals surface area contributed by atoms with Crippen LogP contribution in [-0.2, 0) is 28.6 Å². The number of allylic oxidation sites excluding steroid dienone is 12. The monoisotopic (exact) mass is 1090 g/mol. The topological polar surface area (TPSA) is 78.9 Å². The second kappa shape index (κ2) is 66.4. The normalized spacial score (nSPS) is 12.5. The van der Waals surface area contributed by atoms with Gasteiger partial charge in [-0.2, -0.15) is 0 Å². The van der Waals surface area contributed by atoms with Gasteiger partial charge < -0.3 is 14.2 Å². The van der Waals surface area contributed by atoms with Crippen molar-refractivity contribution in [2.24, 2.45) is 0 Å². The fraction of sp³-hybridized carbons (Fsp3) is 0.792. The van der Waals surface area contributed by atoms with Crippen LogP contribution in [0, 0.1) is 0 Å². The number of carbonyl (C=O) groups excluding carboxylic acids is 3. The fourth-order valence-corrected chi connectivity index (χ4v) is 9.89. The quantitative estimate of drug-likeness (QED) is 0.0261. The summed E-state index contributed by atoms with van der Waals surface area (Å²) in [5.41, 5.74) is 0. The highest BCUT2D eigenvalue weighted by Crippen LogP contribution is 2.18. The first-order valence-corrected chi connectivity index (χ1v) is 33.9. The number of hydrogen-bond donors (Lipinski definition) is 0. The molecule has 0 N–H and O–H groups in total. The molecule has 0 amide bonds. The summed E-state index contributed by atoms with van der Waals surface area (Å²) in [7, 11) is 0. The van der Waals surface area contributed by atoms with Crippen LogP contribution in [-0.4, -0.2) is 37.2 Å². The van der Waals surface area contributed by atoms with E-state index in [1.807, 2.05) is 0 Å². The minimum absolute atomic E-state index is 0.0783. The lowest BCUT2D eigenvalue weighted by Gasteiger charge is -2.18. The summed E-state index contributed by atoms with van der Waals surface area (Å²) in [6, 6.07) is 0. The Morgan fingerprint density at radius 3 is 0.846 bits per heavy atom. The van der Waals surface area contributed by atoms with Crippen molar-refractivity contribution in [2.45, 2.75) is 354 Å². The molecule has 0 saturated heterocycles. The Morgan fingerprint density at radius 2 is 0.526 bits per heavy atom. The second-order valence-electron chi connectivity index (χ2n) is 22.7. The highest BCUT2D eigenvalue weighted by molar-refractivity contribution is 5.71. The van der Waals surface area contributed by atoms with Crippen molar-refractivity contribution >= 4 is 17.9 Å². The molecule has 0 saturated carbocycles. The van der Waals surface area contributed by atoms with E-state index in [9.17, 15) is 14.4 Å². The molecule has 6 nitrogen and oxygen atoms in total. The standard InChI is InChI=1S/C72H128O6/c1-4-7-10-13-16-19-22-24-26-28-30-32-34-36-38-40-42-44-46-48-50-53-56-59-62-65-71(74)77-68-69(67-76-70(73)64-61-58-55-52-21-18-15-12-9-6-3)78-72(75)66-63-60-57-54-51-49-47-45-43-41-39-37-35-33-31-29-27-25-23-20-17-14-11-8-5-2/h7,10,12,15-16,19,24,26,30,32,36,38,69H,4-6,8-9,11,13-14,17-18,20-23,25,27-29,31,33-35,37,39-68H2,1-3H3/b10-7-,15-12-,19-16-,26-24-,32-30-,38-36-. The van der Waals surface area contributed by atoms with Crippen molar-refractivity contribution in [2.75, 3.05) is 13.2 Å². The zero-order chi connectivity index (χ0) is 56.4.